The standard InChI is InChI=1S/C16H24O4/c1-4-18-11-7-8-14(17)13-9-10-15(19-5-2)16(12-13)20-6-3/h9-10,12H,4-8,11H2,1-3H3. The Morgan fingerprint density at radius 3 is 2.35 bits per heavy atom. The van der Waals surface area contributed by atoms with Gasteiger partial charge in [-0.25, -0.2) is 0 Å². The van der Waals surface area contributed by atoms with Crippen LogP contribution < -0.4 is 9.47 Å². The number of hydrogen-bond acceptors (Lipinski definition) is 4. The molecule has 0 bridgehead atoms. The highest BCUT2D eigenvalue weighted by Crippen LogP contribution is 2.29. The second kappa shape index (κ2) is 9.37. The molecule has 4 nitrogen and oxygen atoms in total. The lowest BCUT2D eigenvalue weighted by Gasteiger charge is -2.12. The molecule has 1 rings (SSSR count). The summed E-state index contributed by atoms with van der Waals surface area (Å²) in [5.74, 6) is 1.42. The van der Waals surface area contributed by atoms with Crippen molar-refractivity contribution in [1.82, 2.24) is 0 Å². The van der Waals surface area contributed by atoms with Gasteiger partial charge in [-0.1, -0.05) is 0 Å². The number of Topliss-reactive ketones (excluding diaryl/α,β-unsaturated/α-hetero) is 1. The zero-order chi connectivity index (χ0) is 14.8. The Kier molecular flexibility index (Phi) is 7.73. The number of rotatable bonds is 10. The normalized spacial score (nSPS) is 10.3. The summed E-state index contributed by atoms with van der Waals surface area (Å²) >= 11 is 0. The van der Waals surface area contributed by atoms with E-state index in [0.717, 1.165) is 6.42 Å². The van der Waals surface area contributed by atoms with E-state index in [2.05, 4.69) is 0 Å². The molecule has 0 aliphatic carbocycles. The highest BCUT2D eigenvalue weighted by molar-refractivity contribution is 5.96. The van der Waals surface area contributed by atoms with Crippen LogP contribution in [0.4, 0.5) is 0 Å². The molecule has 0 unspecified atom stereocenters. The van der Waals surface area contributed by atoms with E-state index in [1.54, 1.807) is 18.2 Å². The maximum absolute atomic E-state index is 12.1. The molecule has 0 radical (unpaired) electrons. The van der Waals surface area contributed by atoms with Crippen molar-refractivity contribution in [1.29, 1.82) is 0 Å². The van der Waals surface area contributed by atoms with Gasteiger partial charge in [-0.3, -0.25) is 4.79 Å². The van der Waals surface area contributed by atoms with E-state index in [1.165, 1.54) is 0 Å². The van der Waals surface area contributed by atoms with Crippen LogP contribution in [0.15, 0.2) is 18.2 Å². The first kappa shape index (κ1) is 16.5. The van der Waals surface area contributed by atoms with Crippen LogP contribution in [0.2, 0.25) is 0 Å². The summed E-state index contributed by atoms with van der Waals surface area (Å²) in [6.07, 6.45) is 1.23. The van der Waals surface area contributed by atoms with Crippen LogP contribution in [0, 0.1) is 0 Å². The monoisotopic (exact) mass is 280 g/mol. The van der Waals surface area contributed by atoms with Crippen LogP contribution in [0.3, 0.4) is 0 Å². The van der Waals surface area contributed by atoms with Crippen LogP contribution in [0.1, 0.15) is 44.0 Å². The van der Waals surface area contributed by atoms with Crippen molar-refractivity contribution < 1.29 is 19.0 Å². The van der Waals surface area contributed by atoms with Crippen molar-refractivity contribution in [3.63, 3.8) is 0 Å². The lowest BCUT2D eigenvalue weighted by atomic mass is 10.1. The molecule has 0 aliphatic rings. The average Bonchev–Trinajstić information content (AvgIpc) is 2.45. The Hall–Kier alpha value is -1.55. The van der Waals surface area contributed by atoms with Crippen molar-refractivity contribution in [2.24, 2.45) is 0 Å². The molecule has 4 heteroatoms. The quantitative estimate of drug-likeness (QED) is 0.486. The summed E-state index contributed by atoms with van der Waals surface area (Å²) in [6.45, 7) is 8.20. The minimum Gasteiger partial charge on any atom is -0.490 e. The molecule has 0 amide bonds. The third kappa shape index (κ3) is 5.21. The van der Waals surface area contributed by atoms with Gasteiger partial charge in [0.1, 0.15) is 0 Å². The largest absolute Gasteiger partial charge is 0.490 e. The fourth-order valence-electron chi connectivity index (χ4n) is 1.85. The van der Waals surface area contributed by atoms with Crippen LogP contribution in [0.5, 0.6) is 11.5 Å². The van der Waals surface area contributed by atoms with Crippen molar-refractivity contribution in [2.45, 2.75) is 33.6 Å². The molecule has 1 aromatic carbocycles. The molecular formula is C16H24O4. The number of carbonyl (C=O) groups is 1. The van der Waals surface area contributed by atoms with Gasteiger partial charge in [0.2, 0.25) is 0 Å². The minimum atomic E-state index is 0.105. The SMILES string of the molecule is CCOCCCC(=O)c1ccc(OCC)c(OCC)c1. The molecule has 1 aromatic rings. The molecule has 0 fully saturated rings. The van der Waals surface area contributed by atoms with E-state index in [1.807, 2.05) is 20.8 Å². The van der Waals surface area contributed by atoms with E-state index in [4.69, 9.17) is 14.2 Å². The van der Waals surface area contributed by atoms with Gasteiger partial charge in [0.05, 0.1) is 13.2 Å². The van der Waals surface area contributed by atoms with Gasteiger partial charge >= 0.3 is 0 Å². The maximum Gasteiger partial charge on any atom is 0.163 e. The number of hydrogen-bond donors (Lipinski definition) is 0. The molecule has 0 saturated heterocycles. The zero-order valence-corrected chi connectivity index (χ0v) is 12.6. The summed E-state index contributed by atoms with van der Waals surface area (Å²) in [5.41, 5.74) is 0.661. The second-order valence-electron chi connectivity index (χ2n) is 4.25. The predicted molar refractivity (Wildman–Crippen MR) is 78.8 cm³/mol. The van der Waals surface area contributed by atoms with Gasteiger partial charge in [0.25, 0.3) is 0 Å². The number of ether oxygens (including phenoxy) is 3. The van der Waals surface area contributed by atoms with Crippen LogP contribution >= 0.6 is 0 Å². The van der Waals surface area contributed by atoms with E-state index in [9.17, 15) is 4.79 Å². The van der Waals surface area contributed by atoms with Crippen LogP contribution in [-0.4, -0.2) is 32.2 Å². The van der Waals surface area contributed by atoms with Gasteiger partial charge in [-0.15, -0.1) is 0 Å². The first-order valence-electron chi connectivity index (χ1n) is 7.23. The molecule has 0 aromatic heterocycles. The molecule has 0 aliphatic heterocycles. The van der Waals surface area contributed by atoms with Gasteiger partial charge in [0, 0.05) is 25.2 Å². The van der Waals surface area contributed by atoms with Crippen LogP contribution in [0.25, 0.3) is 0 Å². The van der Waals surface area contributed by atoms with Gasteiger partial charge in [-0.2, -0.15) is 0 Å². The molecule has 112 valence electrons. The number of benzene rings is 1. The zero-order valence-electron chi connectivity index (χ0n) is 12.6. The molecule has 0 N–H and O–H groups in total. The Morgan fingerprint density at radius 2 is 1.70 bits per heavy atom. The predicted octanol–water partition coefficient (Wildman–Crippen LogP) is 3.48. The maximum atomic E-state index is 12.1. The average molecular weight is 280 g/mol. The molecule has 0 atom stereocenters. The Morgan fingerprint density at radius 1 is 1.00 bits per heavy atom. The summed E-state index contributed by atoms with van der Waals surface area (Å²) in [6, 6.07) is 5.35. The molecular weight excluding hydrogens is 256 g/mol. The minimum absolute atomic E-state index is 0.105. The van der Waals surface area contributed by atoms with E-state index >= 15 is 0 Å². The molecule has 0 spiro atoms. The lowest BCUT2D eigenvalue weighted by Crippen LogP contribution is -2.04. The second-order valence-corrected chi connectivity index (χ2v) is 4.25. The summed E-state index contributed by atoms with van der Waals surface area (Å²) < 4.78 is 16.2. The third-order valence-electron chi connectivity index (χ3n) is 2.76. The van der Waals surface area contributed by atoms with Crippen molar-refractivity contribution in [3.05, 3.63) is 23.8 Å². The summed E-state index contributed by atoms with van der Waals surface area (Å²) in [7, 11) is 0. The molecule has 0 heterocycles. The number of ketones is 1. The van der Waals surface area contributed by atoms with Crippen molar-refractivity contribution in [2.75, 3.05) is 26.4 Å². The van der Waals surface area contributed by atoms with Crippen LogP contribution in [-0.2, 0) is 4.74 Å². The lowest BCUT2D eigenvalue weighted by molar-refractivity contribution is 0.0946. The Bertz CT molecular complexity index is 415. The van der Waals surface area contributed by atoms with E-state index < -0.39 is 0 Å². The summed E-state index contributed by atoms with van der Waals surface area (Å²) in [5, 5.41) is 0. The third-order valence-corrected chi connectivity index (χ3v) is 2.76. The topological polar surface area (TPSA) is 44.8 Å². The van der Waals surface area contributed by atoms with Crippen molar-refractivity contribution in [3.8, 4) is 11.5 Å². The van der Waals surface area contributed by atoms with E-state index in [0.29, 0.717) is 49.9 Å². The van der Waals surface area contributed by atoms with Gasteiger partial charge in [0.15, 0.2) is 17.3 Å². The Balaban J connectivity index is 2.69. The first-order chi connectivity index (χ1) is 9.72. The highest BCUT2D eigenvalue weighted by Gasteiger charge is 2.11. The Labute approximate surface area is 121 Å². The molecule has 0 saturated carbocycles. The smallest absolute Gasteiger partial charge is 0.163 e. The summed E-state index contributed by atoms with van der Waals surface area (Å²) in [4.78, 5) is 12.1. The first-order valence-corrected chi connectivity index (χ1v) is 7.23. The van der Waals surface area contributed by atoms with Gasteiger partial charge < -0.3 is 14.2 Å². The fraction of sp³-hybridized carbons (Fsp3) is 0.562. The number of carbonyl (C=O) groups excluding carboxylic acids is 1. The molecule has 20 heavy (non-hydrogen) atoms. The van der Waals surface area contributed by atoms with E-state index in [-0.39, 0.29) is 5.78 Å². The highest BCUT2D eigenvalue weighted by atomic mass is 16.5. The van der Waals surface area contributed by atoms with Gasteiger partial charge in [-0.05, 0) is 45.4 Å². The van der Waals surface area contributed by atoms with Crippen molar-refractivity contribution >= 4 is 5.78 Å². The fourth-order valence-corrected chi connectivity index (χ4v) is 1.85.